The monoisotopic (exact) mass is 287 g/mol. The maximum Gasteiger partial charge on any atom is 0.258 e. The zero-order chi connectivity index (χ0) is 15.0. The van der Waals surface area contributed by atoms with Gasteiger partial charge in [0.25, 0.3) is 5.91 Å². The van der Waals surface area contributed by atoms with Gasteiger partial charge in [-0.15, -0.1) is 0 Å². The predicted octanol–water partition coefficient (Wildman–Crippen LogP) is 3.87. The zero-order valence-corrected chi connectivity index (χ0v) is 11.7. The number of hydrogen-bond donors (Lipinski definition) is 0. The lowest BCUT2D eigenvalue weighted by Gasteiger charge is -2.30. The van der Waals surface area contributed by atoms with E-state index in [1.54, 1.807) is 4.90 Å². The highest BCUT2D eigenvalue weighted by Crippen LogP contribution is 2.29. The Kier molecular flexibility index (Phi) is 3.45. The maximum absolute atomic E-state index is 13.3. The van der Waals surface area contributed by atoms with Gasteiger partial charge in [0.1, 0.15) is 11.6 Å². The highest BCUT2D eigenvalue weighted by molar-refractivity contribution is 6.06. The molecule has 0 saturated carbocycles. The maximum atomic E-state index is 13.3. The lowest BCUT2D eigenvalue weighted by Crippen LogP contribution is -2.35. The number of rotatable bonds is 1. The Balaban J connectivity index is 2.00. The van der Waals surface area contributed by atoms with Crippen LogP contribution in [0.25, 0.3) is 0 Å². The molecule has 1 heterocycles. The predicted molar refractivity (Wildman–Crippen MR) is 77.5 cm³/mol. The van der Waals surface area contributed by atoms with Gasteiger partial charge in [0, 0.05) is 23.9 Å². The molecule has 1 aliphatic heterocycles. The standard InChI is InChI=1S/C17H15F2NO/c1-11-4-5-16-12(7-11)3-2-6-20(16)17(21)13-8-14(18)10-15(19)9-13/h4-5,7-10H,2-3,6H2,1H3. The van der Waals surface area contributed by atoms with Crippen LogP contribution in [-0.4, -0.2) is 12.5 Å². The molecule has 0 aliphatic carbocycles. The van der Waals surface area contributed by atoms with Crippen molar-refractivity contribution in [1.82, 2.24) is 0 Å². The van der Waals surface area contributed by atoms with Crippen molar-refractivity contribution in [2.75, 3.05) is 11.4 Å². The number of halogens is 2. The largest absolute Gasteiger partial charge is 0.308 e. The molecule has 108 valence electrons. The van der Waals surface area contributed by atoms with Gasteiger partial charge in [0.2, 0.25) is 0 Å². The highest BCUT2D eigenvalue weighted by atomic mass is 19.1. The average Bonchev–Trinajstić information content (AvgIpc) is 2.44. The lowest BCUT2D eigenvalue weighted by molar-refractivity contribution is 0.0984. The van der Waals surface area contributed by atoms with E-state index in [-0.39, 0.29) is 11.5 Å². The van der Waals surface area contributed by atoms with Gasteiger partial charge in [-0.1, -0.05) is 17.7 Å². The molecule has 0 N–H and O–H groups in total. The summed E-state index contributed by atoms with van der Waals surface area (Å²) >= 11 is 0. The van der Waals surface area contributed by atoms with Gasteiger partial charge in [0.15, 0.2) is 0 Å². The molecule has 2 aromatic rings. The fourth-order valence-corrected chi connectivity index (χ4v) is 2.77. The van der Waals surface area contributed by atoms with Crippen LogP contribution in [0.5, 0.6) is 0 Å². The second-order valence-corrected chi connectivity index (χ2v) is 5.35. The number of amides is 1. The third-order valence-corrected chi connectivity index (χ3v) is 3.71. The zero-order valence-electron chi connectivity index (χ0n) is 11.7. The van der Waals surface area contributed by atoms with Crippen molar-refractivity contribution in [2.45, 2.75) is 19.8 Å². The lowest BCUT2D eigenvalue weighted by atomic mass is 9.99. The van der Waals surface area contributed by atoms with Crippen LogP contribution in [0, 0.1) is 18.6 Å². The summed E-state index contributed by atoms with van der Waals surface area (Å²) in [6, 6.07) is 8.82. The molecule has 1 aliphatic rings. The Morgan fingerprint density at radius 2 is 1.81 bits per heavy atom. The van der Waals surface area contributed by atoms with Crippen LogP contribution in [0.3, 0.4) is 0 Å². The number of benzene rings is 2. The van der Waals surface area contributed by atoms with Gasteiger partial charge < -0.3 is 4.90 Å². The topological polar surface area (TPSA) is 20.3 Å². The van der Waals surface area contributed by atoms with Gasteiger partial charge in [0.05, 0.1) is 0 Å². The van der Waals surface area contributed by atoms with Crippen molar-refractivity contribution < 1.29 is 13.6 Å². The summed E-state index contributed by atoms with van der Waals surface area (Å²) < 4.78 is 26.6. The third kappa shape index (κ3) is 2.66. The Morgan fingerprint density at radius 1 is 1.10 bits per heavy atom. The molecule has 0 bridgehead atoms. The molecule has 21 heavy (non-hydrogen) atoms. The van der Waals surface area contributed by atoms with E-state index in [9.17, 15) is 13.6 Å². The summed E-state index contributed by atoms with van der Waals surface area (Å²) in [5.74, 6) is -1.84. The number of carbonyl (C=O) groups is 1. The van der Waals surface area contributed by atoms with Gasteiger partial charge in [-0.3, -0.25) is 4.79 Å². The molecule has 0 aromatic heterocycles. The summed E-state index contributed by atoms with van der Waals surface area (Å²) in [6.45, 7) is 2.57. The first-order chi connectivity index (χ1) is 10.0. The van der Waals surface area contributed by atoms with Crippen molar-refractivity contribution in [3.63, 3.8) is 0 Å². The number of aryl methyl sites for hydroxylation is 2. The quantitative estimate of drug-likeness (QED) is 0.779. The van der Waals surface area contributed by atoms with Crippen LogP contribution in [0.1, 0.15) is 27.9 Å². The Morgan fingerprint density at radius 3 is 2.52 bits per heavy atom. The van der Waals surface area contributed by atoms with Crippen LogP contribution >= 0.6 is 0 Å². The first-order valence-corrected chi connectivity index (χ1v) is 6.92. The van der Waals surface area contributed by atoms with E-state index in [1.165, 1.54) is 0 Å². The SMILES string of the molecule is Cc1ccc2c(c1)CCCN2C(=O)c1cc(F)cc(F)c1. The van der Waals surface area contributed by atoms with E-state index in [1.807, 2.05) is 19.1 Å². The Bertz CT molecular complexity index is 692. The van der Waals surface area contributed by atoms with Crippen molar-refractivity contribution in [3.05, 3.63) is 64.7 Å². The Labute approximate surface area is 122 Å². The van der Waals surface area contributed by atoms with E-state index >= 15 is 0 Å². The Hall–Kier alpha value is -2.23. The minimum Gasteiger partial charge on any atom is -0.308 e. The normalized spacial score (nSPS) is 14.0. The first-order valence-electron chi connectivity index (χ1n) is 6.92. The van der Waals surface area contributed by atoms with Gasteiger partial charge in [-0.25, -0.2) is 8.78 Å². The van der Waals surface area contributed by atoms with E-state index in [0.717, 1.165) is 47.9 Å². The summed E-state index contributed by atoms with van der Waals surface area (Å²) in [5.41, 5.74) is 3.12. The third-order valence-electron chi connectivity index (χ3n) is 3.71. The molecular formula is C17H15F2NO. The summed E-state index contributed by atoms with van der Waals surface area (Å²) in [7, 11) is 0. The van der Waals surface area contributed by atoms with Crippen LogP contribution in [-0.2, 0) is 6.42 Å². The molecule has 0 saturated heterocycles. The molecule has 4 heteroatoms. The fourth-order valence-electron chi connectivity index (χ4n) is 2.77. The van der Waals surface area contributed by atoms with E-state index in [4.69, 9.17) is 0 Å². The summed E-state index contributed by atoms with van der Waals surface area (Å²) in [5, 5.41) is 0. The van der Waals surface area contributed by atoms with Crippen molar-refractivity contribution in [3.8, 4) is 0 Å². The summed E-state index contributed by atoms with van der Waals surface area (Å²) in [4.78, 5) is 14.1. The van der Waals surface area contributed by atoms with Crippen LogP contribution in [0.15, 0.2) is 36.4 Å². The first kappa shape index (κ1) is 13.7. The molecule has 0 spiro atoms. The van der Waals surface area contributed by atoms with E-state index in [0.29, 0.717) is 6.54 Å². The van der Waals surface area contributed by atoms with Crippen molar-refractivity contribution in [1.29, 1.82) is 0 Å². The van der Waals surface area contributed by atoms with Crippen molar-refractivity contribution in [2.24, 2.45) is 0 Å². The second-order valence-electron chi connectivity index (χ2n) is 5.35. The average molecular weight is 287 g/mol. The minimum atomic E-state index is -0.737. The molecule has 0 radical (unpaired) electrons. The van der Waals surface area contributed by atoms with Crippen LogP contribution in [0.2, 0.25) is 0 Å². The smallest absolute Gasteiger partial charge is 0.258 e. The fraction of sp³-hybridized carbons (Fsp3) is 0.235. The molecular weight excluding hydrogens is 272 g/mol. The molecule has 3 rings (SSSR count). The molecule has 0 atom stereocenters. The van der Waals surface area contributed by atoms with Gasteiger partial charge in [-0.05, 0) is 43.5 Å². The van der Waals surface area contributed by atoms with Crippen molar-refractivity contribution >= 4 is 11.6 Å². The van der Waals surface area contributed by atoms with Gasteiger partial charge >= 0.3 is 0 Å². The molecule has 0 unspecified atom stereocenters. The molecule has 0 fully saturated rings. The number of anilines is 1. The van der Waals surface area contributed by atoms with Crippen LogP contribution < -0.4 is 4.90 Å². The summed E-state index contributed by atoms with van der Waals surface area (Å²) in [6.07, 6.45) is 1.76. The number of carbonyl (C=O) groups excluding carboxylic acids is 1. The van der Waals surface area contributed by atoms with E-state index < -0.39 is 11.6 Å². The van der Waals surface area contributed by atoms with Gasteiger partial charge in [-0.2, -0.15) is 0 Å². The molecule has 1 amide bonds. The molecule has 2 nitrogen and oxygen atoms in total. The number of nitrogens with zero attached hydrogens (tertiary/aromatic N) is 1. The number of hydrogen-bond acceptors (Lipinski definition) is 1. The second kappa shape index (κ2) is 5.28. The highest BCUT2D eigenvalue weighted by Gasteiger charge is 2.24. The van der Waals surface area contributed by atoms with Crippen LogP contribution in [0.4, 0.5) is 14.5 Å². The minimum absolute atomic E-state index is 0.0425. The number of fused-ring (bicyclic) bond motifs is 1. The van der Waals surface area contributed by atoms with E-state index in [2.05, 4.69) is 6.07 Å². The molecule has 2 aromatic carbocycles.